The van der Waals surface area contributed by atoms with Gasteiger partial charge < -0.3 is 4.74 Å². The number of nitrogens with zero attached hydrogens (tertiary/aromatic N) is 2. The molecule has 0 aliphatic heterocycles. The average Bonchev–Trinajstić information content (AvgIpc) is 2.55. The fraction of sp³-hybridized carbons (Fsp3) is 0.200. The number of anilines is 1. The second-order valence-electron chi connectivity index (χ2n) is 3.09. The van der Waals surface area contributed by atoms with Gasteiger partial charge in [-0.15, -0.1) is 0 Å². The van der Waals surface area contributed by atoms with E-state index in [2.05, 4.69) is 15.0 Å². The molecule has 15 heavy (non-hydrogen) atoms. The molecular weight excluding hydrogens is 194 g/mol. The minimum absolute atomic E-state index is 0.497. The molecular formula is C10H11N3O2. The van der Waals surface area contributed by atoms with Gasteiger partial charge in [0.2, 0.25) is 0 Å². The van der Waals surface area contributed by atoms with Gasteiger partial charge in [-0.05, 0) is 19.1 Å². The van der Waals surface area contributed by atoms with Crippen LogP contribution in [0.3, 0.4) is 0 Å². The number of aromatic nitrogens is 2. The van der Waals surface area contributed by atoms with Crippen LogP contribution in [0.1, 0.15) is 5.69 Å². The molecule has 1 amide bonds. The summed E-state index contributed by atoms with van der Waals surface area (Å²) in [4.78, 5) is 15.4. The van der Waals surface area contributed by atoms with Crippen LogP contribution in [0.25, 0.3) is 5.65 Å². The number of aryl methyl sites for hydroxylation is 1. The van der Waals surface area contributed by atoms with E-state index in [9.17, 15) is 4.79 Å². The highest BCUT2D eigenvalue weighted by Crippen LogP contribution is 2.16. The van der Waals surface area contributed by atoms with E-state index in [1.165, 1.54) is 7.11 Å². The summed E-state index contributed by atoms with van der Waals surface area (Å²) in [5.41, 5.74) is 1.55. The zero-order valence-corrected chi connectivity index (χ0v) is 8.52. The van der Waals surface area contributed by atoms with E-state index in [4.69, 9.17) is 0 Å². The largest absolute Gasteiger partial charge is 0.453 e. The average molecular weight is 205 g/mol. The van der Waals surface area contributed by atoms with Gasteiger partial charge in [0.15, 0.2) is 0 Å². The second-order valence-corrected chi connectivity index (χ2v) is 3.09. The molecule has 5 nitrogen and oxygen atoms in total. The number of imidazole rings is 1. The van der Waals surface area contributed by atoms with Crippen LogP contribution in [-0.4, -0.2) is 22.6 Å². The quantitative estimate of drug-likeness (QED) is 0.772. The lowest BCUT2D eigenvalue weighted by Gasteiger charge is -2.03. The van der Waals surface area contributed by atoms with Gasteiger partial charge in [0.1, 0.15) is 11.5 Å². The summed E-state index contributed by atoms with van der Waals surface area (Å²) in [7, 11) is 1.33. The first-order valence-electron chi connectivity index (χ1n) is 4.51. The number of nitrogens with one attached hydrogen (secondary N) is 1. The number of amides is 1. The third-order valence-electron chi connectivity index (χ3n) is 2.11. The van der Waals surface area contributed by atoms with E-state index in [0.717, 1.165) is 11.3 Å². The van der Waals surface area contributed by atoms with Crippen LogP contribution < -0.4 is 5.32 Å². The van der Waals surface area contributed by atoms with Crippen LogP contribution in [0.4, 0.5) is 10.6 Å². The van der Waals surface area contributed by atoms with Crippen molar-refractivity contribution in [3.8, 4) is 0 Å². The van der Waals surface area contributed by atoms with Crippen LogP contribution in [-0.2, 0) is 4.74 Å². The number of carbonyl (C=O) groups is 1. The second kappa shape index (κ2) is 3.61. The minimum Gasteiger partial charge on any atom is -0.453 e. The van der Waals surface area contributed by atoms with Crippen molar-refractivity contribution in [2.45, 2.75) is 6.92 Å². The monoisotopic (exact) mass is 205 g/mol. The van der Waals surface area contributed by atoms with Gasteiger partial charge in [0, 0.05) is 6.20 Å². The molecule has 0 spiro atoms. The number of hydrogen-bond acceptors (Lipinski definition) is 3. The molecule has 0 saturated carbocycles. The minimum atomic E-state index is -0.497. The number of rotatable bonds is 1. The van der Waals surface area contributed by atoms with E-state index in [0.29, 0.717) is 5.82 Å². The smallest absolute Gasteiger partial charge is 0.412 e. The molecule has 0 bridgehead atoms. The SMILES string of the molecule is COC(=O)Nc1c(C)nc2ccccn12. The number of methoxy groups -OCH3 is 1. The summed E-state index contributed by atoms with van der Waals surface area (Å²) in [6, 6.07) is 5.63. The highest BCUT2D eigenvalue weighted by Gasteiger charge is 2.10. The highest BCUT2D eigenvalue weighted by molar-refractivity contribution is 5.84. The van der Waals surface area contributed by atoms with Crippen molar-refractivity contribution in [1.82, 2.24) is 9.38 Å². The highest BCUT2D eigenvalue weighted by atomic mass is 16.5. The maximum absolute atomic E-state index is 11.1. The first kappa shape index (κ1) is 9.51. The van der Waals surface area contributed by atoms with Crippen LogP contribution >= 0.6 is 0 Å². The van der Waals surface area contributed by atoms with Crippen molar-refractivity contribution in [3.05, 3.63) is 30.1 Å². The zero-order valence-electron chi connectivity index (χ0n) is 8.52. The number of pyridine rings is 1. The van der Waals surface area contributed by atoms with Crippen LogP contribution in [0, 0.1) is 6.92 Å². The van der Waals surface area contributed by atoms with Gasteiger partial charge in [0.25, 0.3) is 0 Å². The molecule has 2 aromatic rings. The Morgan fingerprint density at radius 2 is 2.33 bits per heavy atom. The third-order valence-corrected chi connectivity index (χ3v) is 2.11. The molecule has 2 rings (SSSR count). The van der Waals surface area contributed by atoms with Crippen molar-refractivity contribution in [1.29, 1.82) is 0 Å². The Morgan fingerprint density at radius 3 is 3.07 bits per heavy atom. The molecule has 0 aliphatic carbocycles. The maximum Gasteiger partial charge on any atom is 0.412 e. The van der Waals surface area contributed by atoms with Gasteiger partial charge >= 0.3 is 6.09 Å². The summed E-state index contributed by atoms with van der Waals surface area (Å²) in [5.74, 6) is 0.637. The first-order valence-corrected chi connectivity index (χ1v) is 4.51. The van der Waals surface area contributed by atoms with Crippen LogP contribution in [0.2, 0.25) is 0 Å². The van der Waals surface area contributed by atoms with E-state index in [-0.39, 0.29) is 0 Å². The van der Waals surface area contributed by atoms with E-state index in [1.54, 1.807) is 4.40 Å². The first-order chi connectivity index (χ1) is 7.22. The van der Waals surface area contributed by atoms with Gasteiger partial charge in [-0.2, -0.15) is 0 Å². The Hall–Kier alpha value is -2.04. The van der Waals surface area contributed by atoms with E-state index in [1.807, 2.05) is 31.3 Å². The standard InChI is InChI=1S/C10H11N3O2/c1-7-9(12-10(14)15-2)13-6-4-3-5-8(13)11-7/h3-6H,1-2H3,(H,12,14). The number of hydrogen-bond donors (Lipinski definition) is 1. The maximum atomic E-state index is 11.1. The number of carbonyl (C=O) groups excluding carboxylic acids is 1. The summed E-state index contributed by atoms with van der Waals surface area (Å²) in [6.45, 7) is 1.83. The molecule has 0 unspecified atom stereocenters. The predicted octanol–water partition coefficient (Wildman–Crippen LogP) is 1.82. The lowest BCUT2D eigenvalue weighted by molar-refractivity contribution is 0.186. The molecule has 0 aliphatic rings. The van der Waals surface area contributed by atoms with Gasteiger partial charge in [-0.25, -0.2) is 9.78 Å². The van der Waals surface area contributed by atoms with Crippen molar-refractivity contribution in [2.24, 2.45) is 0 Å². The summed E-state index contributed by atoms with van der Waals surface area (Å²) >= 11 is 0. The van der Waals surface area contributed by atoms with Gasteiger partial charge in [-0.3, -0.25) is 9.72 Å². The predicted molar refractivity (Wildman–Crippen MR) is 56.0 cm³/mol. The van der Waals surface area contributed by atoms with Crippen molar-refractivity contribution in [2.75, 3.05) is 12.4 Å². The van der Waals surface area contributed by atoms with Gasteiger partial charge in [-0.1, -0.05) is 6.07 Å². The van der Waals surface area contributed by atoms with Gasteiger partial charge in [0.05, 0.1) is 12.8 Å². The Labute approximate surface area is 86.7 Å². The topological polar surface area (TPSA) is 55.6 Å². The fourth-order valence-corrected chi connectivity index (χ4v) is 1.41. The van der Waals surface area contributed by atoms with Crippen molar-refractivity contribution >= 4 is 17.6 Å². The van der Waals surface area contributed by atoms with Crippen molar-refractivity contribution < 1.29 is 9.53 Å². The molecule has 0 radical (unpaired) electrons. The zero-order chi connectivity index (χ0) is 10.8. The molecule has 2 aromatic heterocycles. The lowest BCUT2D eigenvalue weighted by atomic mass is 10.4. The molecule has 0 saturated heterocycles. The Morgan fingerprint density at radius 1 is 1.53 bits per heavy atom. The van der Waals surface area contributed by atoms with Crippen molar-refractivity contribution in [3.63, 3.8) is 0 Å². The molecule has 2 heterocycles. The van der Waals surface area contributed by atoms with E-state index >= 15 is 0 Å². The summed E-state index contributed by atoms with van der Waals surface area (Å²) < 4.78 is 6.33. The van der Waals surface area contributed by atoms with E-state index < -0.39 is 6.09 Å². The molecule has 1 N–H and O–H groups in total. The molecule has 0 atom stereocenters. The van der Waals surface area contributed by atoms with Crippen LogP contribution in [0.5, 0.6) is 0 Å². The summed E-state index contributed by atoms with van der Waals surface area (Å²) in [6.07, 6.45) is 1.34. The lowest BCUT2D eigenvalue weighted by Crippen LogP contribution is -2.13. The third kappa shape index (κ3) is 1.63. The normalized spacial score (nSPS) is 10.3. The molecule has 0 fully saturated rings. The Kier molecular flexibility index (Phi) is 2.29. The molecule has 78 valence electrons. The number of ether oxygens (including phenoxy) is 1. The number of fused-ring (bicyclic) bond motifs is 1. The Bertz CT molecular complexity index is 504. The Balaban J connectivity index is 2.49. The van der Waals surface area contributed by atoms with Crippen LogP contribution in [0.15, 0.2) is 24.4 Å². The molecule has 0 aromatic carbocycles. The fourth-order valence-electron chi connectivity index (χ4n) is 1.41. The summed E-state index contributed by atoms with van der Waals surface area (Å²) in [5, 5.41) is 2.62. The molecule has 5 heteroatoms.